The summed E-state index contributed by atoms with van der Waals surface area (Å²) in [6.45, 7) is 2.39. The molecule has 0 radical (unpaired) electrons. The summed E-state index contributed by atoms with van der Waals surface area (Å²) in [6, 6.07) is 6.65. The third-order valence-electron chi connectivity index (χ3n) is 2.73. The van der Waals surface area contributed by atoms with Crippen molar-refractivity contribution in [2.24, 2.45) is 0 Å². The maximum Gasteiger partial charge on any atom is 0.419 e. The first-order valence-corrected chi connectivity index (χ1v) is 6.03. The Kier molecular flexibility index (Phi) is 3.87. The van der Waals surface area contributed by atoms with Crippen LogP contribution in [0.4, 0.5) is 19.0 Å². The molecule has 7 heteroatoms. The van der Waals surface area contributed by atoms with Crippen LogP contribution in [-0.4, -0.2) is 9.78 Å². The number of rotatable bonds is 4. The Morgan fingerprint density at radius 3 is 2.60 bits per heavy atom. The SMILES string of the molecule is CCn1nc(COc2ccccc2C(F)(F)F)cc1N. The van der Waals surface area contributed by atoms with Gasteiger partial charge in [0.05, 0.1) is 5.56 Å². The molecule has 108 valence electrons. The van der Waals surface area contributed by atoms with E-state index >= 15 is 0 Å². The third-order valence-corrected chi connectivity index (χ3v) is 2.73. The van der Waals surface area contributed by atoms with Crippen LogP contribution in [0.1, 0.15) is 18.2 Å². The molecule has 4 nitrogen and oxygen atoms in total. The molecule has 20 heavy (non-hydrogen) atoms. The van der Waals surface area contributed by atoms with E-state index in [1.807, 2.05) is 6.92 Å². The molecule has 0 spiro atoms. The van der Waals surface area contributed by atoms with Gasteiger partial charge in [-0.05, 0) is 19.1 Å². The number of halogens is 3. The van der Waals surface area contributed by atoms with Crippen molar-refractivity contribution >= 4 is 5.82 Å². The molecule has 0 aliphatic carbocycles. The molecular formula is C13H14F3N3O. The van der Waals surface area contributed by atoms with Gasteiger partial charge >= 0.3 is 6.18 Å². The molecule has 1 heterocycles. The summed E-state index contributed by atoms with van der Waals surface area (Å²) < 4.78 is 45.1. The van der Waals surface area contributed by atoms with Crippen LogP contribution in [0.2, 0.25) is 0 Å². The molecule has 0 aliphatic rings. The molecule has 0 atom stereocenters. The fourth-order valence-electron chi connectivity index (χ4n) is 1.79. The Morgan fingerprint density at radius 1 is 1.30 bits per heavy atom. The number of aromatic nitrogens is 2. The normalized spacial score (nSPS) is 11.6. The second kappa shape index (κ2) is 5.44. The number of hydrogen-bond donors (Lipinski definition) is 1. The number of nitrogen functional groups attached to an aromatic ring is 1. The molecule has 0 saturated carbocycles. The van der Waals surface area contributed by atoms with Crippen LogP contribution in [0.3, 0.4) is 0 Å². The van der Waals surface area contributed by atoms with Crippen LogP contribution in [0.25, 0.3) is 0 Å². The predicted molar refractivity (Wildman–Crippen MR) is 68.1 cm³/mol. The number of nitrogens with two attached hydrogens (primary N) is 1. The van der Waals surface area contributed by atoms with Crippen molar-refractivity contribution in [3.63, 3.8) is 0 Å². The van der Waals surface area contributed by atoms with Crippen molar-refractivity contribution < 1.29 is 17.9 Å². The Labute approximate surface area is 114 Å². The van der Waals surface area contributed by atoms with Crippen LogP contribution < -0.4 is 10.5 Å². The van der Waals surface area contributed by atoms with E-state index in [9.17, 15) is 13.2 Å². The summed E-state index contributed by atoms with van der Waals surface area (Å²) in [5, 5.41) is 4.12. The Hall–Kier alpha value is -2.18. The molecule has 0 aliphatic heterocycles. The summed E-state index contributed by atoms with van der Waals surface area (Å²) in [5.74, 6) is 0.236. The van der Waals surface area contributed by atoms with Crippen LogP contribution in [0.15, 0.2) is 30.3 Å². The average molecular weight is 285 g/mol. The lowest BCUT2D eigenvalue weighted by atomic mass is 10.2. The number of para-hydroxylation sites is 1. The highest BCUT2D eigenvalue weighted by Crippen LogP contribution is 2.36. The standard InChI is InChI=1S/C13H14F3N3O/c1-2-19-12(17)7-9(18-19)8-20-11-6-4-3-5-10(11)13(14,15)16/h3-7H,2,8,17H2,1H3. The topological polar surface area (TPSA) is 53.1 Å². The van der Waals surface area contributed by atoms with E-state index in [-0.39, 0.29) is 12.4 Å². The van der Waals surface area contributed by atoms with Crippen molar-refractivity contribution in [3.8, 4) is 5.75 Å². The molecule has 1 aromatic carbocycles. The van der Waals surface area contributed by atoms with Gasteiger partial charge in [-0.15, -0.1) is 0 Å². The van der Waals surface area contributed by atoms with Gasteiger partial charge in [0.1, 0.15) is 23.9 Å². The van der Waals surface area contributed by atoms with Gasteiger partial charge in [-0.25, -0.2) is 0 Å². The highest BCUT2D eigenvalue weighted by Gasteiger charge is 2.34. The summed E-state index contributed by atoms with van der Waals surface area (Å²) >= 11 is 0. The van der Waals surface area contributed by atoms with Gasteiger partial charge in [-0.3, -0.25) is 4.68 Å². The largest absolute Gasteiger partial charge is 0.487 e. The fourth-order valence-corrected chi connectivity index (χ4v) is 1.79. The minimum Gasteiger partial charge on any atom is -0.487 e. The van der Waals surface area contributed by atoms with Gasteiger partial charge in [-0.1, -0.05) is 12.1 Å². The molecule has 2 rings (SSSR count). The maximum atomic E-state index is 12.8. The molecular weight excluding hydrogens is 271 g/mol. The quantitative estimate of drug-likeness (QED) is 0.939. The molecule has 0 amide bonds. The van der Waals surface area contributed by atoms with E-state index in [0.717, 1.165) is 6.07 Å². The predicted octanol–water partition coefficient (Wildman–Crippen LogP) is 3.08. The van der Waals surface area contributed by atoms with Gasteiger partial charge in [0.2, 0.25) is 0 Å². The highest BCUT2D eigenvalue weighted by molar-refractivity contribution is 5.36. The van der Waals surface area contributed by atoms with Crippen LogP contribution in [0.5, 0.6) is 5.75 Å². The Morgan fingerprint density at radius 2 is 2.00 bits per heavy atom. The second-order valence-corrected chi connectivity index (χ2v) is 4.16. The van der Waals surface area contributed by atoms with E-state index in [4.69, 9.17) is 10.5 Å². The molecule has 2 aromatic rings. The average Bonchev–Trinajstić information content (AvgIpc) is 2.76. The highest BCUT2D eigenvalue weighted by atomic mass is 19.4. The fraction of sp³-hybridized carbons (Fsp3) is 0.308. The van der Waals surface area contributed by atoms with Crippen LogP contribution >= 0.6 is 0 Å². The first-order valence-electron chi connectivity index (χ1n) is 6.03. The molecule has 0 bridgehead atoms. The molecule has 1 aromatic heterocycles. The minimum absolute atomic E-state index is 0.0652. The molecule has 0 unspecified atom stereocenters. The number of aryl methyl sites for hydroxylation is 1. The lowest BCUT2D eigenvalue weighted by Crippen LogP contribution is -2.09. The third kappa shape index (κ3) is 3.04. The summed E-state index contributed by atoms with van der Waals surface area (Å²) in [7, 11) is 0. The first kappa shape index (κ1) is 14.2. The van der Waals surface area contributed by atoms with Crippen LogP contribution in [-0.2, 0) is 19.3 Å². The van der Waals surface area contributed by atoms with Gasteiger partial charge < -0.3 is 10.5 Å². The smallest absolute Gasteiger partial charge is 0.419 e. The van der Waals surface area contributed by atoms with Gasteiger partial charge in [-0.2, -0.15) is 18.3 Å². The lowest BCUT2D eigenvalue weighted by Gasteiger charge is -2.12. The number of nitrogens with zero attached hydrogens (tertiary/aromatic N) is 2. The van der Waals surface area contributed by atoms with E-state index in [1.165, 1.54) is 18.2 Å². The van der Waals surface area contributed by atoms with Crippen molar-refractivity contribution in [2.45, 2.75) is 26.3 Å². The van der Waals surface area contributed by atoms with Gasteiger partial charge in [0, 0.05) is 12.6 Å². The number of ether oxygens (including phenoxy) is 1. The van der Waals surface area contributed by atoms with E-state index in [0.29, 0.717) is 18.1 Å². The Bertz CT molecular complexity index is 593. The zero-order valence-electron chi connectivity index (χ0n) is 10.8. The molecule has 0 fully saturated rings. The molecule has 0 saturated heterocycles. The zero-order valence-corrected chi connectivity index (χ0v) is 10.8. The van der Waals surface area contributed by atoms with Crippen LogP contribution in [0, 0.1) is 0 Å². The van der Waals surface area contributed by atoms with E-state index < -0.39 is 11.7 Å². The molecule has 2 N–H and O–H groups in total. The Balaban J connectivity index is 2.15. The maximum absolute atomic E-state index is 12.8. The van der Waals surface area contributed by atoms with E-state index in [1.54, 1.807) is 10.7 Å². The van der Waals surface area contributed by atoms with E-state index in [2.05, 4.69) is 5.10 Å². The number of hydrogen-bond acceptors (Lipinski definition) is 3. The monoisotopic (exact) mass is 285 g/mol. The van der Waals surface area contributed by atoms with Gasteiger partial charge in [0.25, 0.3) is 0 Å². The minimum atomic E-state index is -4.45. The van der Waals surface area contributed by atoms with Crippen molar-refractivity contribution in [2.75, 3.05) is 5.73 Å². The van der Waals surface area contributed by atoms with Crippen molar-refractivity contribution in [1.29, 1.82) is 0 Å². The number of anilines is 1. The number of alkyl halides is 3. The van der Waals surface area contributed by atoms with Crippen molar-refractivity contribution in [3.05, 3.63) is 41.6 Å². The number of benzene rings is 1. The summed E-state index contributed by atoms with van der Waals surface area (Å²) in [4.78, 5) is 0. The lowest BCUT2D eigenvalue weighted by molar-refractivity contribution is -0.139. The van der Waals surface area contributed by atoms with Crippen molar-refractivity contribution in [1.82, 2.24) is 9.78 Å². The first-order chi connectivity index (χ1) is 9.41. The van der Waals surface area contributed by atoms with Gasteiger partial charge in [0.15, 0.2) is 0 Å². The zero-order chi connectivity index (χ0) is 14.8. The summed E-state index contributed by atoms with van der Waals surface area (Å²) in [5.41, 5.74) is 5.37. The summed E-state index contributed by atoms with van der Waals surface area (Å²) in [6.07, 6.45) is -4.45. The second-order valence-electron chi connectivity index (χ2n) is 4.16.